The van der Waals surface area contributed by atoms with Gasteiger partial charge >= 0.3 is 0 Å². The van der Waals surface area contributed by atoms with Crippen LogP contribution in [0.5, 0.6) is 0 Å². The number of nitrogens with one attached hydrogen (secondary N) is 1. The van der Waals surface area contributed by atoms with Gasteiger partial charge in [0.05, 0.1) is 6.07 Å². The van der Waals surface area contributed by atoms with Gasteiger partial charge in [0.2, 0.25) is 11.8 Å². The minimum atomic E-state index is -0.743. The van der Waals surface area contributed by atoms with Crippen molar-refractivity contribution in [3.05, 3.63) is 0 Å². The van der Waals surface area contributed by atoms with E-state index >= 15 is 0 Å². The van der Waals surface area contributed by atoms with Crippen LogP contribution < -0.4 is 11.1 Å². The Morgan fingerprint density at radius 1 is 1.62 bits per heavy atom. The lowest BCUT2D eigenvalue weighted by Gasteiger charge is -2.14. The minimum Gasteiger partial charge on any atom is -0.368 e. The van der Waals surface area contributed by atoms with Crippen LogP contribution in [0.4, 0.5) is 0 Å². The van der Waals surface area contributed by atoms with E-state index in [0.717, 1.165) is 0 Å². The Labute approximate surface area is 76.9 Å². The Morgan fingerprint density at radius 3 is 2.46 bits per heavy atom. The maximum absolute atomic E-state index is 10.8. The highest BCUT2D eigenvalue weighted by atomic mass is 16.2. The zero-order chi connectivity index (χ0) is 10.4. The van der Waals surface area contributed by atoms with E-state index in [2.05, 4.69) is 5.32 Å². The van der Waals surface area contributed by atoms with Gasteiger partial charge in [-0.2, -0.15) is 5.26 Å². The van der Waals surface area contributed by atoms with Crippen LogP contribution in [0.3, 0.4) is 0 Å². The monoisotopic (exact) mass is 183 g/mol. The lowest BCUT2D eigenvalue weighted by atomic mass is 10.0. The average Bonchev–Trinajstić information content (AvgIpc) is 2.02. The first kappa shape index (κ1) is 11.4. The molecular weight excluding hydrogens is 170 g/mol. The zero-order valence-electron chi connectivity index (χ0n) is 7.70. The van der Waals surface area contributed by atoms with E-state index in [4.69, 9.17) is 11.0 Å². The number of hydrogen-bond donors (Lipinski definition) is 2. The fourth-order valence-electron chi connectivity index (χ4n) is 0.898. The molecule has 0 aromatic rings. The second-order valence-electron chi connectivity index (χ2n) is 2.92. The van der Waals surface area contributed by atoms with Crippen molar-refractivity contribution in [2.45, 2.75) is 26.3 Å². The van der Waals surface area contributed by atoms with E-state index in [9.17, 15) is 9.59 Å². The lowest BCUT2D eigenvalue weighted by Crippen LogP contribution is -2.44. The number of hydrogen-bond acceptors (Lipinski definition) is 3. The van der Waals surface area contributed by atoms with Crippen molar-refractivity contribution < 1.29 is 9.59 Å². The number of amides is 2. The Bertz CT molecular complexity index is 244. The van der Waals surface area contributed by atoms with Gasteiger partial charge in [-0.3, -0.25) is 9.59 Å². The smallest absolute Gasteiger partial charge is 0.240 e. The SMILES string of the molecule is CC(=O)N[C@@H](C[C@H](C)C#N)C(N)=O. The van der Waals surface area contributed by atoms with Gasteiger partial charge in [-0.05, 0) is 13.3 Å². The number of rotatable bonds is 4. The number of primary amides is 1. The second kappa shape index (κ2) is 5.14. The fourth-order valence-corrected chi connectivity index (χ4v) is 0.898. The molecule has 3 N–H and O–H groups in total. The van der Waals surface area contributed by atoms with Crippen LogP contribution in [0.1, 0.15) is 20.3 Å². The Morgan fingerprint density at radius 2 is 2.15 bits per heavy atom. The van der Waals surface area contributed by atoms with E-state index in [1.807, 2.05) is 6.07 Å². The molecule has 0 spiro atoms. The summed E-state index contributed by atoms with van der Waals surface area (Å²) >= 11 is 0. The van der Waals surface area contributed by atoms with Crippen molar-refractivity contribution in [3.8, 4) is 6.07 Å². The third kappa shape index (κ3) is 4.80. The largest absolute Gasteiger partial charge is 0.368 e. The summed E-state index contributed by atoms with van der Waals surface area (Å²) in [4.78, 5) is 21.4. The van der Waals surface area contributed by atoms with Crippen LogP contribution in [-0.4, -0.2) is 17.9 Å². The van der Waals surface area contributed by atoms with Crippen molar-refractivity contribution >= 4 is 11.8 Å². The maximum atomic E-state index is 10.8. The molecule has 0 aromatic carbocycles. The summed E-state index contributed by atoms with van der Waals surface area (Å²) in [5.74, 6) is -1.24. The molecular formula is C8H13N3O2. The molecule has 0 aliphatic heterocycles. The lowest BCUT2D eigenvalue weighted by molar-refractivity contribution is -0.126. The van der Waals surface area contributed by atoms with Crippen molar-refractivity contribution in [1.29, 1.82) is 5.26 Å². The van der Waals surface area contributed by atoms with Crippen LogP contribution in [0.15, 0.2) is 0 Å². The molecule has 5 nitrogen and oxygen atoms in total. The molecule has 72 valence electrons. The van der Waals surface area contributed by atoms with Gasteiger partial charge in [0, 0.05) is 12.8 Å². The molecule has 0 aliphatic rings. The quantitative estimate of drug-likeness (QED) is 0.616. The molecule has 0 radical (unpaired) electrons. The molecule has 0 heterocycles. The van der Waals surface area contributed by atoms with Crippen LogP contribution in [0.25, 0.3) is 0 Å². The molecule has 0 unspecified atom stereocenters. The number of carbonyl (C=O) groups is 2. The molecule has 13 heavy (non-hydrogen) atoms. The molecule has 5 heteroatoms. The molecule has 0 aliphatic carbocycles. The van der Waals surface area contributed by atoms with Gasteiger partial charge in [0.1, 0.15) is 6.04 Å². The number of nitrogens with two attached hydrogens (primary N) is 1. The number of carbonyl (C=O) groups excluding carboxylic acids is 2. The van der Waals surface area contributed by atoms with E-state index in [-0.39, 0.29) is 18.2 Å². The second-order valence-corrected chi connectivity index (χ2v) is 2.92. The normalized spacial score (nSPS) is 13.9. The third-order valence-corrected chi connectivity index (χ3v) is 1.53. The molecule has 2 amide bonds. The van der Waals surface area contributed by atoms with Crippen molar-refractivity contribution in [2.24, 2.45) is 11.7 Å². The Hall–Kier alpha value is -1.57. The minimum absolute atomic E-state index is 0.255. The summed E-state index contributed by atoms with van der Waals surface area (Å²) in [5.41, 5.74) is 5.02. The highest BCUT2D eigenvalue weighted by molar-refractivity contribution is 5.85. The van der Waals surface area contributed by atoms with Gasteiger partial charge in [-0.15, -0.1) is 0 Å². The molecule has 2 atom stereocenters. The van der Waals surface area contributed by atoms with Crippen LogP contribution in [0.2, 0.25) is 0 Å². The van der Waals surface area contributed by atoms with Gasteiger partial charge in [-0.1, -0.05) is 0 Å². The van der Waals surface area contributed by atoms with E-state index in [1.54, 1.807) is 6.92 Å². The van der Waals surface area contributed by atoms with Crippen molar-refractivity contribution in [3.63, 3.8) is 0 Å². The third-order valence-electron chi connectivity index (χ3n) is 1.53. The van der Waals surface area contributed by atoms with E-state index in [1.165, 1.54) is 6.92 Å². The summed E-state index contributed by atoms with van der Waals surface area (Å²) < 4.78 is 0. The predicted molar refractivity (Wildman–Crippen MR) is 46.2 cm³/mol. The standard InChI is InChI=1S/C8H13N3O2/c1-5(4-9)3-7(8(10)13)11-6(2)12/h5,7H,3H2,1-2H3,(H2,10,13)(H,11,12)/t5-,7-/m0/s1. The topological polar surface area (TPSA) is 96.0 Å². The van der Waals surface area contributed by atoms with Crippen molar-refractivity contribution in [1.82, 2.24) is 5.32 Å². The summed E-state index contributed by atoms with van der Waals surface area (Å²) in [6, 6.07) is 1.22. The highest BCUT2D eigenvalue weighted by Gasteiger charge is 2.18. The van der Waals surface area contributed by atoms with Crippen LogP contribution in [0, 0.1) is 17.2 Å². The van der Waals surface area contributed by atoms with Crippen molar-refractivity contribution in [2.75, 3.05) is 0 Å². The fraction of sp³-hybridized carbons (Fsp3) is 0.625. The number of nitriles is 1. The summed E-state index contributed by atoms with van der Waals surface area (Å²) in [6.45, 7) is 2.96. The average molecular weight is 183 g/mol. The molecule has 0 saturated heterocycles. The summed E-state index contributed by atoms with van der Waals surface area (Å²) in [6.07, 6.45) is 0.255. The first-order valence-corrected chi connectivity index (χ1v) is 3.93. The van der Waals surface area contributed by atoms with Gasteiger partial charge in [-0.25, -0.2) is 0 Å². The summed E-state index contributed by atoms with van der Waals surface area (Å²) in [7, 11) is 0. The first-order chi connectivity index (χ1) is 5.97. The molecule has 0 fully saturated rings. The predicted octanol–water partition coefficient (Wildman–Crippen LogP) is -0.474. The molecule has 0 bridgehead atoms. The molecule has 0 saturated carbocycles. The van der Waals surface area contributed by atoms with Crippen LogP contribution in [-0.2, 0) is 9.59 Å². The van der Waals surface area contributed by atoms with Gasteiger partial charge in [0.25, 0.3) is 0 Å². The molecule has 0 aromatic heterocycles. The first-order valence-electron chi connectivity index (χ1n) is 3.93. The number of nitrogens with zero attached hydrogens (tertiary/aromatic N) is 1. The van der Waals surface area contributed by atoms with E-state index in [0.29, 0.717) is 0 Å². The molecule has 0 rings (SSSR count). The van der Waals surface area contributed by atoms with Gasteiger partial charge < -0.3 is 11.1 Å². The highest BCUT2D eigenvalue weighted by Crippen LogP contribution is 2.03. The van der Waals surface area contributed by atoms with Gasteiger partial charge in [0.15, 0.2) is 0 Å². The zero-order valence-corrected chi connectivity index (χ0v) is 7.70. The van der Waals surface area contributed by atoms with E-state index < -0.39 is 11.9 Å². The Kier molecular flexibility index (Phi) is 4.52. The summed E-state index contributed by atoms with van der Waals surface area (Å²) in [5, 5.41) is 10.9. The maximum Gasteiger partial charge on any atom is 0.240 e. The van der Waals surface area contributed by atoms with Crippen LogP contribution >= 0.6 is 0 Å². The Balaban J connectivity index is 4.20.